The van der Waals surface area contributed by atoms with Crippen molar-refractivity contribution in [3.63, 3.8) is 0 Å². The first-order chi connectivity index (χ1) is 12.1. The molecule has 0 saturated heterocycles. The first kappa shape index (κ1) is 18.2. The van der Waals surface area contributed by atoms with Gasteiger partial charge in [0.25, 0.3) is 0 Å². The van der Waals surface area contributed by atoms with Crippen molar-refractivity contribution < 1.29 is 4.79 Å². The molecular weight excluding hydrogens is 314 g/mol. The number of rotatable bonds is 7. The molecule has 140 valence electrons. The van der Waals surface area contributed by atoms with Crippen LogP contribution < -0.4 is 5.32 Å². The maximum absolute atomic E-state index is 12.3. The molecule has 2 aliphatic rings. The highest BCUT2D eigenvalue weighted by Gasteiger charge is 2.20. The van der Waals surface area contributed by atoms with Gasteiger partial charge in [-0.25, -0.2) is 4.79 Å². The molecule has 0 radical (unpaired) electrons. The number of aromatic amines is 1. The lowest BCUT2D eigenvalue weighted by atomic mass is 9.96. The minimum atomic E-state index is -0.00363. The van der Waals surface area contributed by atoms with Crippen LogP contribution in [0.25, 0.3) is 0 Å². The Hall–Kier alpha value is -1.56. The molecule has 2 aliphatic carbocycles. The first-order valence-corrected chi connectivity index (χ1v) is 9.89. The monoisotopic (exact) mass is 347 g/mol. The van der Waals surface area contributed by atoms with Gasteiger partial charge in [-0.1, -0.05) is 12.8 Å². The van der Waals surface area contributed by atoms with Crippen LogP contribution in [0.4, 0.5) is 4.79 Å². The Morgan fingerprint density at radius 2 is 1.96 bits per heavy atom. The average molecular weight is 348 g/mol. The zero-order valence-corrected chi connectivity index (χ0v) is 15.8. The van der Waals surface area contributed by atoms with Crippen LogP contribution in [0.1, 0.15) is 61.9 Å². The number of hydrogen-bond acceptors (Lipinski definition) is 3. The van der Waals surface area contributed by atoms with Gasteiger partial charge in [0.2, 0.25) is 0 Å². The van der Waals surface area contributed by atoms with Crippen LogP contribution in [0.3, 0.4) is 0 Å². The summed E-state index contributed by atoms with van der Waals surface area (Å²) >= 11 is 0. The molecule has 6 heteroatoms. The molecular formula is C19H33N5O. The van der Waals surface area contributed by atoms with E-state index in [1.54, 1.807) is 4.90 Å². The summed E-state index contributed by atoms with van der Waals surface area (Å²) in [5, 5.41) is 10.6. The van der Waals surface area contributed by atoms with Gasteiger partial charge in [-0.05, 0) is 64.1 Å². The highest BCUT2D eigenvalue weighted by molar-refractivity contribution is 5.73. The van der Waals surface area contributed by atoms with Crippen LogP contribution in [-0.4, -0.2) is 59.3 Å². The number of aryl methyl sites for hydroxylation is 1. The number of amides is 2. The molecule has 6 nitrogen and oxygen atoms in total. The van der Waals surface area contributed by atoms with Gasteiger partial charge in [0, 0.05) is 25.3 Å². The highest BCUT2D eigenvalue weighted by Crippen LogP contribution is 2.23. The summed E-state index contributed by atoms with van der Waals surface area (Å²) in [6.07, 6.45) is 11.0. The molecule has 2 N–H and O–H groups in total. The third kappa shape index (κ3) is 4.75. The van der Waals surface area contributed by atoms with Crippen molar-refractivity contribution in [2.24, 2.45) is 0 Å². The van der Waals surface area contributed by atoms with E-state index in [9.17, 15) is 4.79 Å². The molecule has 1 aromatic heterocycles. The van der Waals surface area contributed by atoms with Crippen molar-refractivity contribution in [2.45, 2.75) is 70.4 Å². The Balaban J connectivity index is 1.37. The van der Waals surface area contributed by atoms with Crippen LogP contribution in [0.2, 0.25) is 0 Å². The topological polar surface area (TPSA) is 64.3 Å². The molecule has 0 aromatic carbocycles. The quantitative estimate of drug-likeness (QED) is 0.746. The van der Waals surface area contributed by atoms with Gasteiger partial charge >= 0.3 is 6.03 Å². The molecule has 1 saturated carbocycles. The van der Waals surface area contributed by atoms with E-state index in [1.807, 2.05) is 7.05 Å². The van der Waals surface area contributed by atoms with E-state index < -0.39 is 0 Å². The van der Waals surface area contributed by atoms with E-state index in [0.717, 1.165) is 44.1 Å². The molecule has 1 aromatic rings. The molecule has 0 bridgehead atoms. The maximum atomic E-state index is 12.3. The third-order valence-electron chi connectivity index (χ3n) is 5.79. The first-order valence-electron chi connectivity index (χ1n) is 9.89. The van der Waals surface area contributed by atoms with Crippen molar-refractivity contribution in [3.05, 3.63) is 17.0 Å². The summed E-state index contributed by atoms with van der Waals surface area (Å²) in [6, 6.07) is 0.750. The van der Waals surface area contributed by atoms with Gasteiger partial charge in [-0.3, -0.25) is 5.10 Å². The van der Waals surface area contributed by atoms with Crippen molar-refractivity contribution >= 4 is 6.03 Å². The summed E-state index contributed by atoms with van der Waals surface area (Å²) in [5.74, 6) is 0. The summed E-state index contributed by atoms with van der Waals surface area (Å²) in [6.45, 7) is 2.38. The van der Waals surface area contributed by atoms with Gasteiger partial charge in [-0.2, -0.15) is 5.10 Å². The molecule has 0 atom stereocenters. The number of urea groups is 1. The molecule has 0 aliphatic heterocycles. The molecule has 0 spiro atoms. The zero-order chi connectivity index (χ0) is 17.6. The van der Waals surface area contributed by atoms with Crippen LogP contribution in [0.5, 0.6) is 0 Å². The number of hydrogen-bond donors (Lipinski definition) is 2. The fourth-order valence-corrected chi connectivity index (χ4v) is 4.16. The van der Waals surface area contributed by atoms with E-state index in [-0.39, 0.29) is 6.03 Å². The standard InChI is InChI=1S/C19H33N5O/c1-23(15-8-3-4-9-15)13-7-12-20-19(25)24(2)14-18-16-10-5-6-11-17(16)21-22-18/h15H,3-14H2,1-2H3,(H,20,25)(H,21,22). The minimum absolute atomic E-state index is 0.00363. The second kappa shape index (κ2) is 8.70. The van der Waals surface area contributed by atoms with E-state index in [2.05, 4.69) is 27.5 Å². The van der Waals surface area contributed by atoms with Gasteiger partial charge in [0.05, 0.1) is 12.2 Å². The van der Waals surface area contributed by atoms with Crippen molar-refractivity contribution in [3.8, 4) is 0 Å². The number of carbonyl (C=O) groups is 1. The lowest BCUT2D eigenvalue weighted by molar-refractivity contribution is 0.203. The smallest absolute Gasteiger partial charge is 0.317 e. The molecule has 25 heavy (non-hydrogen) atoms. The summed E-state index contributed by atoms with van der Waals surface area (Å²) in [5.41, 5.74) is 3.64. The van der Waals surface area contributed by atoms with Crippen LogP contribution >= 0.6 is 0 Å². The lowest BCUT2D eigenvalue weighted by Crippen LogP contribution is -2.39. The van der Waals surface area contributed by atoms with Crippen molar-refractivity contribution in [1.29, 1.82) is 0 Å². The fraction of sp³-hybridized carbons (Fsp3) is 0.789. The summed E-state index contributed by atoms with van der Waals surface area (Å²) < 4.78 is 0. The number of H-pyrrole nitrogens is 1. The van der Waals surface area contributed by atoms with Crippen molar-refractivity contribution in [1.82, 2.24) is 25.3 Å². The number of fused-ring (bicyclic) bond motifs is 1. The second-order valence-corrected chi connectivity index (χ2v) is 7.69. The lowest BCUT2D eigenvalue weighted by Gasteiger charge is -2.24. The Morgan fingerprint density at radius 1 is 1.20 bits per heavy atom. The predicted octanol–water partition coefficient (Wildman–Crippen LogP) is 2.69. The van der Waals surface area contributed by atoms with Gasteiger partial charge in [0.15, 0.2) is 0 Å². The van der Waals surface area contributed by atoms with E-state index in [1.165, 1.54) is 49.8 Å². The number of nitrogens with zero attached hydrogens (tertiary/aromatic N) is 3. The van der Waals surface area contributed by atoms with Gasteiger partial charge in [-0.15, -0.1) is 0 Å². The zero-order valence-electron chi connectivity index (χ0n) is 15.8. The minimum Gasteiger partial charge on any atom is -0.338 e. The van der Waals surface area contributed by atoms with Gasteiger partial charge < -0.3 is 15.1 Å². The van der Waals surface area contributed by atoms with Crippen LogP contribution in [0, 0.1) is 0 Å². The van der Waals surface area contributed by atoms with E-state index in [4.69, 9.17) is 0 Å². The number of carbonyl (C=O) groups excluding carboxylic acids is 1. The Bertz CT molecular complexity index is 564. The molecule has 0 unspecified atom stereocenters. The van der Waals surface area contributed by atoms with Crippen LogP contribution in [-0.2, 0) is 19.4 Å². The van der Waals surface area contributed by atoms with Crippen molar-refractivity contribution in [2.75, 3.05) is 27.2 Å². The van der Waals surface area contributed by atoms with Gasteiger partial charge in [0.1, 0.15) is 0 Å². The largest absolute Gasteiger partial charge is 0.338 e. The molecule has 2 amide bonds. The number of aromatic nitrogens is 2. The average Bonchev–Trinajstić information content (AvgIpc) is 3.29. The molecule has 3 rings (SSSR count). The van der Waals surface area contributed by atoms with Crippen LogP contribution in [0.15, 0.2) is 0 Å². The molecule has 1 fully saturated rings. The summed E-state index contributed by atoms with van der Waals surface area (Å²) in [7, 11) is 4.06. The summed E-state index contributed by atoms with van der Waals surface area (Å²) in [4.78, 5) is 16.5. The Labute approximate surface area is 151 Å². The Kier molecular flexibility index (Phi) is 6.34. The molecule has 1 heterocycles. The highest BCUT2D eigenvalue weighted by atomic mass is 16.2. The SMILES string of the molecule is CN(Cc1n[nH]c2c1CCCC2)C(=O)NCCCN(C)C1CCCC1. The number of nitrogens with one attached hydrogen (secondary N) is 2. The van der Waals surface area contributed by atoms with E-state index in [0.29, 0.717) is 6.54 Å². The second-order valence-electron chi connectivity index (χ2n) is 7.69. The normalized spacial score (nSPS) is 17.7. The maximum Gasteiger partial charge on any atom is 0.317 e. The fourth-order valence-electron chi connectivity index (χ4n) is 4.16. The predicted molar refractivity (Wildman–Crippen MR) is 99.6 cm³/mol. The Morgan fingerprint density at radius 3 is 2.76 bits per heavy atom. The van der Waals surface area contributed by atoms with E-state index >= 15 is 0 Å². The third-order valence-corrected chi connectivity index (χ3v) is 5.79.